The fourth-order valence-electron chi connectivity index (χ4n) is 7.69. The molecule has 0 rings (SSSR count). The average Bonchev–Trinajstić information content (AvgIpc) is 3.19. The third-order valence-corrected chi connectivity index (χ3v) is 11.6. The van der Waals surface area contributed by atoms with Gasteiger partial charge in [-0.2, -0.15) is 0 Å². The number of allylic oxidation sites excluding steroid dienone is 4. The van der Waals surface area contributed by atoms with Crippen molar-refractivity contribution in [3.63, 3.8) is 0 Å². The second-order valence-electron chi connectivity index (χ2n) is 17.0. The fourth-order valence-corrected chi connectivity index (χ4v) is 7.69. The maximum absolute atomic E-state index is 12.5. The van der Waals surface area contributed by atoms with Gasteiger partial charge in [0, 0.05) is 0 Å². The minimum atomic E-state index is -1.07. The lowest BCUT2D eigenvalue weighted by atomic mass is 10.0. The molecule has 0 radical (unpaired) electrons. The summed E-state index contributed by atoms with van der Waals surface area (Å²) in [5.74, 6) is -0.470. The summed E-state index contributed by atoms with van der Waals surface area (Å²) in [5.41, 5.74) is 0. The van der Waals surface area contributed by atoms with Crippen molar-refractivity contribution in [3.8, 4) is 0 Å². The summed E-state index contributed by atoms with van der Waals surface area (Å²) in [6.07, 6.45) is 56.3. The van der Waals surface area contributed by atoms with Crippen molar-refractivity contribution >= 4 is 5.91 Å². The van der Waals surface area contributed by atoms with Gasteiger partial charge >= 0.3 is 0 Å². The summed E-state index contributed by atoms with van der Waals surface area (Å²) in [7, 11) is 0. The molecule has 0 aliphatic rings. The van der Waals surface area contributed by atoms with Crippen LogP contribution in [0, 0.1) is 0 Å². The summed E-state index contributed by atoms with van der Waals surface area (Å²) >= 11 is 0. The van der Waals surface area contributed by atoms with E-state index in [1.807, 2.05) is 0 Å². The molecule has 1 amide bonds. The highest BCUT2D eigenvalue weighted by atomic mass is 16.3. The zero-order valence-corrected chi connectivity index (χ0v) is 37.1. The Morgan fingerprint density at radius 1 is 0.436 bits per heavy atom. The Labute approximate surface area is 343 Å². The lowest BCUT2D eigenvalue weighted by Crippen LogP contribution is -2.49. The molecule has 0 saturated carbocycles. The molecule has 0 aliphatic carbocycles. The Morgan fingerprint density at radius 2 is 0.745 bits per heavy atom. The van der Waals surface area contributed by atoms with E-state index in [9.17, 15) is 20.1 Å². The van der Waals surface area contributed by atoms with E-state index in [0.29, 0.717) is 12.8 Å². The van der Waals surface area contributed by atoms with Crippen molar-refractivity contribution in [2.45, 2.75) is 283 Å². The van der Waals surface area contributed by atoms with E-state index in [-0.39, 0.29) is 6.61 Å². The molecule has 0 aromatic heterocycles. The molecule has 55 heavy (non-hydrogen) atoms. The van der Waals surface area contributed by atoms with Gasteiger partial charge < -0.3 is 20.6 Å². The van der Waals surface area contributed by atoms with E-state index >= 15 is 0 Å². The van der Waals surface area contributed by atoms with E-state index in [1.54, 1.807) is 0 Å². The molecule has 3 unspecified atom stereocenters. The molecule has 0 saturated heterocycles. The topological polar surface area (TPSA) is 89.8 Å². The van der Waals surface area contributed by atoms with Crippen molar-refractivity contribution in [1.29, 1.82) is 0 Å². The first kappa shape index (κ1) is 53.8. The number of aliphatic hydroxyl groups is 3. The van der Waals surface area contributed by atoms with E-state index in [2.05, 4.69) is 43.5 Å². The SMILES string of the molecule is CCCCCCCCCCC/C=C\C/C=C\CCCCCCCCCCCCCCCCC(O)C(=O)NC(CO)C(O)CCCCCCCCCCCCC. The van der Waals surface area contributed by atoms with E-state index in [0.717, 1.165) is 38.5 Å². The normalized spacial score (nSPS) is 13.6. The van der Waals surface area contributed by atoms with Crippen molar-refractivity contribution in [1.82, 2.24) is 5.32 Å². The lowest BCUT2D eigenvalue weighted by Gasteiger charge is -2.23. The quantitative estimate of drug-likeness (QED) is 0.0366. The molecule has 0 bridgehead atoms. The van der Waals surface area contributed by atoms with Gasteiger partial charge in [0.15, 0.2) is 0 Å². The van der Waals surface area contributed by atoms with Crippen LogP contribution in [-0.2, 0) is 4.79 Å². The maximum atomic E-state index is 12.5. The first-order valence-electron chi connectivity index (χ1n) is 24.6. The van der Waals surface area contributed by atoms with Gasteiger partial charge in [-0.25, -0.2) is 0 Å². The molecule has 4 N–H and O–H groups in total. The van der Waals surface area contributed by atoms with Crippen molar-refractivity contribution in [3.05, 3.63) is 24.3 Å². The summed E-state index contributed by atoms with van der Waals surface area (Å²) in [5, 5.41) is 33.3. The molecule has 0 aromatic carbocycles. The number of nitrogens with one attached hydrogen (secondary N) is 1. The predicted molar refractivity (Wildman–Crippen MR) is 241 cm³/mol. The average molecular weight is 776 g/mol. The Balaban J connectivity index is 3.51. The highest BCUT2D eigenvalue weighted by Crippen LogP contribution is 2.16. The van der Waals surface area contributed by atoms with Gasteiger partial charge in [0.25, 0.3) is 0 Å². The molecule has 0 heterocycles. The van der Waals surface area contributed by atoms with Crippen LogP contribution in [0.15, 0.2) is 24.3 Å². The van der Waals surface area contributed by atoms with Crippen LogP contribution in [0.5, 0.6) is 0 Å². The van der Waals surface area contributed by atoms with Gasteiger partial charge in [0.2, 0.25) is 5.91 Å². The third-order valence-electron chi connectivity index (χ3n) is 11.6. The third kappa shape index (κ3) is 40.8. The summed E-state index contributed by atoms with van der Waals surface area (Å²) in [6, 6.07) is -0.709. The van der Waals surface area contributed by atoms with Crippen LogP contribution in [0.25, 0.3) is 0 Å². The molecular weight excluding hydrogens is 679 g/mol. The highest BCUT2D eigenvalue weighted by Gasteiger charge is 2.23. The molecule has 326 valence electrons. The van der Waals surface area contributed by atoms with Gasteiger partial charge in [0.05, 0.1) is 18.8 Å². The molecule has 5 heteroatoms. The van der Waals surface area contributed by atoms with Crippen LogP contribution in [0.3, 0.4) is 0 Å². The summed E-state index contributed by atoms with van der Waals surface area (Å²) in [6.45, 7) is 4.23. The largest absolute Gasteiger partial charge is 0.394 e. The van der Waals surface area contributed by atoms with Crippen molar-refractivity contribution in [2.75, 3.05) is 6.61 Å². The lowest BCUT2D eigenvalue weighted by molar-refractivity contribution is -0.131. The van der Waals surface area contributed by atoms with E-state index < -0.39 is 24.2 Å². The number of unbranched alkanes of at least 4 members (excludes halogenated alkanes) is 33. The maximum Gasteiger partial charge on any atom is 0.249 e. The molecule has 3 atom stereocenters. The Kier molecular flexibility index (Phi) is 44.6. The van der Waals surface area contributed by atoms with Crippen LogP contribution in [-0.4, -0.2) is 46.1 Å². The number of rotatable bonds is 45. The summed E-state index contributed by atoms with van der Waals surface area (Å²) < 4.78 is 0. The smallest absolute Gasteiger partial charge is 0.249 e. The molecule has 5 nitrogen and oxygen atoms in total. The van der Waals surface area contributed by atoms with Crippen LogP contribution in [0.1, 0.15) is 264 Å². The van der Waals surface area contributed by atoms with Crippen LogP contribution >= 0.6 is 0 Å². The van der Waals surface area contributed by atoms with E-state index in [1.165, 1.54) is 199 Å². The standard InChI is InChI=1S/C50H97NO4/c1-3-5-7-9-11-13-15-16-17-18-19-20-21-22-23-24-25-26-27-28-29-30-31-32-33-35-37-39-41-43-45-49(54)50(55)51-47(46-52)48(53)44-42-40-38-36-34-14-12-10-8-6-4-2/h19-20,22-23,47-49,52-54H,3-18,21,24-46H2,1-2H3,(H,51,55)/b20-19-,23-22-. The number of hydrogen-bond acceptors (Lipinski definition) is 4. The number of carbonyl (C=O) groups is 1. The number of amides is 1. The number of carbonyl (C=O) groups excluding carboxylic acids is 1. The van der Waals surface area contributed by atoms with Crippen LogP contribution in [0.4, 0.5) is 0 Å². The zero-order chi connectivity index (χ0) is 40.1. The fraction of sp³-hybridized carbons (Fsp3) is 0.900. The van der Waals surface area contributed by atoms with Gasteiger partial charge in [-0.15, -0.1) is 0 Å². The Hall–Kier alpha value is -1.17. The minimum absolute atomic E-state index is 0.312. The second-order valence-corrected chi connectivity index (χ2v) is 17.0. The van der Waals surface area contributed by atoms with Gasteiger partial charge in [-0.3, -0.25) is 4.79 Å². The Morgan fingerprint density at radius 3 is 1.09 bits per heavy atom. The molecule has 0 fully saturated rings. The van der Waals surface area contributed by atoms with Crippen molar-refractivity contribution in [2.24, 2.45) is 0 Å². The van der Waals surface area contributed by atoms with Crippen molar-refractivity contribution < 1.29 is 20.1 Å². The molecular formula is C50H97NO4. The van der Waals surface area contributed by atoms with Gasteiger partial charge in [0.1, 0.15) is 6.10 Å². The Bertz CT molecular complexity index is 814. The predicted octanol–water partition coefficient (Wildman–Crippen LogP) is 14.6. The van der Waals surface area contributed by atoms with Crippen LogP contribution in [0.2, 0.25) is 0 Å². The number of aliphatic hydroxyl groups excluding tert-OH is 3. The second kappa shape index (κ2) is 45.5. The minimum Gasteiger partial charge on any atom is -0.394 e. The van der Waals surface area contributed by atoms with Gasteiger partial charge in [-0.05, 0) is 44.9 Å². The molecule has 0 aromatic rings. The van der Waals surface area contributed by atoms with Crippen LogP contribution < -0.4 is 5.32 Å². The first-order chi connectivity index (χ1) is 27.1. The monoisotopic (exact) mass is 776 g/mol. The molecule has 0 spiro atoms. The highest BCUT2D eigenvalue weighted by molar-refractivity contribution is 5.80. The van der Waals surface area contributed by atoms with Gasteiger partial charge in [-0.1, -0.05) is 244 Å². The zero-order valence-electron chi connectivity index (χ0n) is 37.1. The van der Waals surface area contributed by atoms with E-state index in [4.69, 9.17) is 0 Å². The number of hydrogen-bond donors (Lipinski definition) is 4. The first-order valence-corrected chi connectivity index (χ1v) is 24.6. The molecule has 0 aliphatic heterocycles. The summed E-state index contributed by atoms with van der Waals surface area (Å²) in [4.78, 5) is 12.5.